The summed E-state index contributed by atoms with van der Waals surface area (Å²) in [6.07, 6.45) is 1.25. The monoisotopic (exact) mass is 391 g/mol. The number of ether oxygens (including phenoxy) is 1. The summed E-state index contributed by atoms with van der Waals surface area (Å²) < 4.78 is 17.9. The molecule has 0 radical (unpaired) electrons. The normalized spacial score (nSPS) is 10.4. The van der Waals surface area contributed by atoms with E-state index in [1.165, 1.54) is 12.1 Å². The van der Waals surface area contributed by atoms with Crippen LogP contribution in [0.2, 0.25) is 0 Å². The number of benzene rings is 3. The molecular weight excluding hydrogens is 369 g/mol. The van der Waals surface area contributed by atoms with Crippen molar-refractivity contribution < 1.29 is 18.7 Å². The minimum atomic E-state index is -0.470. The smallest absolute Gasteiger partial charge is 0.306 e. The van der Waals surface area contributed by atoms with Gasteiger partial charge in [0.15, 0.2) is 6.61 Å². The molecule has 0 aliphatic rings. The first-order valence-electron chi connectivity index (χ1n) is 9.42. The summed E-state index contributed by atoms with van der Waals surface area (Å²) in [4.78, 5) is 24.1. The number of hydrogen-bond donors (Lipinski definition) is 1. The van der Waals surface area contributed by atoms with Crippen molar-refractivity contribution in [3.8, 4) is 0 Å². The van der Waals surface area contributed by atoms with Crippen LogP contribution in [0.1, 0.15) is 23.1 Å². The van der Waals surface area contributed by atoms with Crippen LogP contribution in [0.3, 0.4) is 0 Å². The molecule has 0 spiro atoms. The van der Waals surface area contributed by atoms with E-state index in [-0.39, 0.29) is 24.8 Å². The average molecular weight is 391 g/mol. The number of esters is 1. The lowest BCUT2D eigenvalue weighted by atomic mass is 10.0. The molecule has 0 saturated carbocycles. The van der Waals surface area contributed by atoms with Gasteiger partial charge in [0.25, 0.3) is 5.91 Å². The third-order valence-corrected chi connectivity index (χ3v) is 4.42. The lowest BCUT2D eigenvalue weighted by Gasteiger charge is -2.11. The van der Waals surface area contributed by atoms with E-state index in [1.54, 1.807) is 12.1 Å². The predicted molar refractivity (Wildman–Crippen MR) is 110 cm³/mol. The first-order chi connectivity index (χ1) is 14.1. The number of nitrogens with one attached hydrogen (secondary N) is 1. The molecule has 0 aromatic heterocycles. The molecule has 0 unspecified atom stereocenters. The molecule has 5 heteroatoms. The Hall–Kier alpha value is -3.47. The first kappa shape index (κ1) is 20.3. The van der Waals surface area contributed by atoms with Gasteiger partial charge in [0.1, 0.15) is 5.82 Å². The number of carbonyl (C=O) groups excluding carboxylic acids is 2. The molecule has 0 heterocycles. The van der Waals surface area contributed by atoms with Gasteiger partial charge in [-0.3, -0.25) is 9.59 Å². The van der Waals surface area contributed by atoms with Crippen LogP contribution in [0.25, 0.3) is 0 Å². The van der Waals surface area contributed by atoms with Crippen molar-refractivity contribution in [3.05, 3.63) is 101 Å². The molecule has 0 saturated heterocycles. The minimum absolute atomic E-state index is 0.128. The highest BCUT2D eigenvalue weighted by Crippen LogP contribution is 2.19. The first-order valence-corrected chi connectivity index (χ1v) is 9.42. The predicted octanol–water partition coefficient (Wildman–Crippen LogP) is 4.53. The van der Waals surface area contributed by atoms with E-state index < -0.39 is 5.97 Å². The fourth-order valence-electron chi connectivity index (χ4n) is 2.91. The van der Waals surface area contributed by atoms with Crippen molar-refractivity contribution in [1.29, 1.82) is 0 Å². The maximum absolute atomic E-state index is 12.9. The summed E-state index contributed by atoms with van der Waals surface area (Å²) in [7, 11) is 0. The van der Waals surface area contributed by atoms with E-state index in [2.05, 4.69) is 5.32 Å². The summed E-state index contributed by atoms with van der Waals surface area (Å²) in [6, 6.07) is 23.5. The van der Waals surface area contributed by atoms with Crippen molar-refractivity contribution in [2.45, 2.75) is 19.3 Å². The van der Waals surface area contributed by atoms with Gasteiger partial charge in [0, 0.05) is 12.1 Å². The van der Waals surface area contributed by atoms with Crippen LogP contribution in [0.5, 0.6) is 0 Å². The second-order valence-corrected chi connectivity index (χ2v) is 6.65. The second-order valence-electron chi connectivity index (χ2n) is 6.65. The average Bonchev–Trinajstić information content (AvgIpc) is 2.74. The van der Waals surface area contributed by atoms with Crippen molar-refractivity contribution >= 4 is 17.6 Å². The van der Waals surface area contributed by atoms with Gasteiger partial charge in [-0.1, -0.05) is 60.7 Å². The zero-order chi connectivity index (χ0) is 20.5. The number of halogens is 1. The van der Waals surface area contributed by atoms with Crippen molar-refractivity contribution in [1.82, 2.24) is 0 Å². The van der Waals surface area contributed by atoms with Crippen LogP contribution < -0.4 is 5.32 Å². The molecule has 3 aromatic rings. The fraction of sp³-hybridized carbons (Fsp3) is 0.167. The summed E-state index contributed by atoms with van der Waals surface area (Å²) in [5, 5.41) is 2.81. The molecular formula is C24H22FNO3. The van der Waals surface area contributed by atoms with E-state index in [0.29, 0.717) is 18.5 Å². The highest BCUT2D eigenvalue weighted by Gasteiger charge is 2.11. The SMILES string of the molecule is O=C(COC(=O)CCc1ccc(F)cc1)Nc1ccccc1Cc1ccccc1. The van der Waals surface area contributed by atoms with Gasteiger partial charge in [0.2, 0.25) is 0 Å². The van der Waals surface area contributed by atoms with Crippen molar-refractivity contribution in [2.24, 2.45) is 0 Å². The lowest BCUT2D eigenvalue weighted by molar-refractivity contribution is -0.147. The number of para-hydroxylation sites is 1. The molecule has 29 heavy (non-hydrogen) atoms. The van der Waals surface area contributed by atoms with E-state index in [0.717, 1.165) is 16.7 Å². The van der Waals surface area contributed by atoms with Gasteiger partial charge >= 0.3 is 5.97 Å². The van der Waals surface area contributed by atoms with Crippen molar-refractivity contribution in [2.75, 3.05) is 11.9 Å². The molecule has 3 rings (SSSR count). The number of anilines is 1. The second kappa shape index (κ2) is 10.2. The Bertz CT molecular complexity index is 955. The third kappa shape index (κ3) is 6.57. The number of rotatable bonds is 8. The van der Waals surface area contributed by atoms with Gasteiger partial charge in [0.05, 0.1) is 0 Å². The maximum Gasteiger partial charge on any atom is 0.306 e. The summed E-state index contributed by atoms with van der Waals surface area (Å²) in [5.41, 5.74) is 3.66. The Morgan fingerprint density at radius 2 is 1.52 bits per heavy atom. The topological polar surface area (TPSA) is 55.4 Å². The van der Waals surface area contributed by atoms with E-state index in [1.807, 2.05) is 54.6 Å². The summed E-state index contributed by atoms with van der Waals surface area (Å²) in [5.74, 6) is -1.18. The lowest BCUT2D eigenvalue weighted by Crippen LogP contribution is -2.21. The zero-order valence-electron chi connectivity index (χ0n) is 15.9. The fourth-order valence-corrected chi connectivity index (χ4v) is 2.91. The Labute approximate surface area is 169 Å². The molecule has 148 valence electrons. The molecule has 3 aromatic carbocycles. The van der Waals surface area contributed by atoms with E-state index in [4.69, 9.17) is 4.74 Å². The summed E-state index contributed by atoms with van der Waals surface area (Å²) >= 11 is 0. The molecule has 0 fully saturated rings. The molecule has 4 nitrogen and oxygen atoms in total. The van der Waals surface area contributed by atoms with Crippen LogP contribution in [-0.4, -0.2) is 18.5 Å². The highest BCUT2D eigenvalue weighted by molar-refractivity contribution is 5.93. The van der Waals surface area contributed by atoms with Crippen LogP contribution in [0, 0.1) is 5.82 Å². The van der Waals surface area contributed by atoms with Gasteiger partial charge in [-0.15, -0.1) is 0 Å². The minimum Gasteiger partial charge on any atom is -0.456 e. The van der Waals surface area contributed by atoms with Crippen LogP contribution in [0.15, 0.2) is 78.9 Å². The van der Waals surface area contributed by atoms with Crippen LogP contribution in [-0.2, 0) is 27.2 Å². The molecule has 0 aliphatic carbocycles. The van der Waals surface area contributed by atoms with Gasteiger partial charge < -0.3 is 10.1 Å². The number of aryl methyl sites for hydroxylation is 1. The Morgan fingerprint density at radius 1 is 0.828 bits per heavy atom. The quantitative estimate of drug-likeness (QED) is 0.574. The largest absolute Gasteiger partial charge is 0.456 e. The molecule has 1 N–H and O–H groups in total. The summed E-state index contributed by atoms with van der Waals surface area (Å²) in [6.45, 7) is -0.345. The number of carbonyl (C=O) groups is 2. The van der Waals surface area contributed by atoms with Gasteiger partial charge in [-0.2, -0.15) is 0 Å². The maximum atomic E-state index is 12.9. The van der Waals surface area contributed by atoms with Crippen LogP contribution >= 0.6 is 0 Å². The molecule has 1 amide bonds. The molecule has 0 atom stereocenters. The van der Waals surface area contributed by atoms with E-state index >= 15 is 0 Å². The molecule has 0 bridgehead atoms. The van der Waals surface area contributed by atoms with E-state index in [9.17, 15) is 14.0 Å². The Balaban J connectivity index is 1.48. The standard InChI is InChI=1S/C24H22FNO3/c25-21-13-10-18(11-14-21)12-15-24(28)29-17-23(27)26-22-9-5-4-8-20(22)16-19-6-2-1-3-7-19/h1-11,13-14H,12,15-17H2,(H,26,27). The van der Waals surface area contributed by atoms with Gasteiger partial charge in [-0.05, 0) is 47.7 Å². The highest BCUT2D eigenvalue weighted by atomic mass is 19.1. The molecule has 0 aliphatic heterocycles. The van der Waals surface area contributed by atoms with Crippen LogP contribution in [0.4, 0.5) is 10.1 Å². The van der Waals surface area contributed by atoms with Crippen molar-refractivity contribution in [3.63, 3.8) is 0 Å². The third-order valence-electron chi connectivity index (χ3n) is 4.42. The zero-order valence-corrected chi connectivity index (χ0v) is 15.9. The number of amides is 1. The number of hydrogen-bond acceptors (Lipinski definition) is 3. The van der Waals surface area contributed by atoms with Gasteiger partial charge in [-0.25, -0.2) is 4.39 Å². The Kier molecular flexibility index (Phi) is 7.11. The Morgan fingerprint density at radius 3 is 2.28 bits per heavy atom.